The molecule has 0 saturated heterocycles. The van der Waals surface area contributed by atoms with Crippen LogP contribution in [0.15, 0.2) is 84.4 Å². The van der Waals surface area contributed by atoms with Gasteiger partial charge < -0.3 is 14.9 Å². The fraction of sp³-hybridized carbons (Fsp3) is 0.286. The van der Waals surface area contributed by atoms with Gasteiger partial charge in [-0.05, 0) is 38.0 Å². The summed E-state index contributed by atoms with van der Waals surface area (Å²) in [6.07, 6.45) is 18.4. The highest BCUT2D eigenvalue weighted by molar-refractivity contribution is 5.80. The zero-order valence-corrected chi connectivity index (χ0v) is 15.6. The van der Waals surface area contributed by atoms with Crippen LogP contribution in [0.1, 0.15) is 33.6 Å². The van der Waals surface area contributed by atoms with Gasteiger partial charge in [0.1, 0.15) is 11.5 Å². The molecule has 0 heterocycles. The first-order valence-corrected chi connectivity index (χ1v) is 8.19. The summed E-state index contributed by atoms with van der Waals surface area (Å²) < 4.78 is 4.88. The molecule has 0 aromatic heterocycles. The Labute approximate surface area is 151 Å². The monoisotopic (exact) mass is 346 g/mol. The summed E-state index contributed by atoms with van der Waals surface area (Å²) >= 11 is 0. The molecular weight excluding hydrogens is 316 g/mol. The number of aliphatic hydroxyl groups excluding tert-OH is 1. The molecule has 25 heavy (non-hydrogen) atoms. The van der Waals surface area contributed by atoms with Crippen molar-refractivity contribution in [1.29, 1.82) is 0 Å². The van der Waals surface area contributed by atoms with E-state index < -0.39 is 5.97 Å². The van der Waals surface area contributed by atoms with E-state index in [-0.39, 0.29) is 11.5 Å². The van der Waals surface area contributed by atoms with Gasteiger partial charge in [0.2, 0.25) is 0 Å². The molecule has 0 saturated carbocycles. The fourth-order valence-corrected chi connectivity index (χ4v) is 1.42. The average Bonchev–Trinajstić information content (AvgIpc) is 2.61. The largest absolute Gasteiger partial charge is 0.508 e. The van der Waals surface area contributed by atoms with Gasteiger partial charge in [0.15, 0.2) is 0 Å². The van der Waals surface area contributed by atoms with Crippen LogP contribution >= 0.6 is 0 Å². The zero-order valence-electron chi connectivity index (χ0n) is 15.6. The Morgan fingerprint density at radius 3 is 2.16 bits per heavy atom. The van der Waals surface area contributed by atoms with Crippen molar-refractivity contribution in [2.75, 3.05) is 7.11 Å². The Hall–Kier alpha value is -2.75. The van der Waals surface area contributed by atoms with Gasteiger partial charge in [-0.25, -0.2) is 4.79 Å². The Morgan fingerprint density at radius 2 is 1.64 bits per heavy atom. The second-order valence-electron chi connectivity index (χ2n) is 4.51. The Balaban J connectivity index is 0. The zero-order chi connectivity index (χ0) is 19.5. The molecule has 0 spiro atoms. The number of allylic oxidation sites excluding steroid dienone is 10. The van der Waals surface area contributed by atoms with E-state index in [1.54, 1.807) is 37.3 Å². The van der Waals surface area contributed by atoms with E-state index in [9.17, 15) is 9.90 Å². The molecule has 0 aliphatic heterocycles. The van der Waals surface area contributed by atoms with Crippen molar-refractivity contribution in [3.63, 3.8) is 0 Å². The smallest absolute Gasteiger partial charge is 0.332 e. The van der Waals surface area contributed by atoms with Crippen molar-refractivity contribution >= 4 is 5.97 Å². The van der Waals surface area contributed by atoms with Crippen LogP contribution in [0.4, 0.5) is 0 Å². The van der Waals surface area contributed by atoms with Crippen molar-refractivity contribution in [1.82, 2.24) is 0 Å². The number of methoxy groups -OCH3 is 1. The van der Waals surface area contributed by atoms with Gasteiger partial charge in [-0.3, -0.25) is 0 Å². The standard InChI is InChI=1S/C19H24O4.C2H6/c1-4-17(20)13-10-9-12-16(2)11-7-5-6-8-14-18(23-3)15-19(21)22;1-2/h4-8,10-11,13-15,20H,2,9,12H2,1,3H3,(H,21,22);1-2H3/b6-5-,11-7+,13-10-,14-8+,17-4+,18-15-;. The average molecular weight is 346 g/mol. The summed E-state index contributed by atoms with van der Waals surface area (Å²) in [5.74, 6) is -0.525. The number of carbonyl (C=O) groups is 1. The van der Waals surface area contributed by atoms with Crippen molar-refractivity contribution in [3.05, 3.63) is 84.4 Å². The third kappa shape index (κ3) is 17.4. The fourth-order valence-electron chi connectivity index (χ4n) is 1.42. The second-order valence-corrected chi connectivity index (χ2v) is 4.51. The summed E-state index contributed by atoms with van der Waals surface area (Å²) in [6, 6.07) is 0. The van der Waals surface area contributed by atoms with Crippen molar-refractivity contribution < 1.29 is 19.7 Å². The molecule has 0 bridgehead atoms. The van der Waals surface area contributed by atoms with Crippen molar-refractivity contribution in [3.8, 4) is 0 Å². The lowest BCUT2D eigenvalue weighted by atomic mass is 10.1. The molecule has 0 radical (unpaired) electrons. The van der Waals surface area contributed by atoms with Crippen LogP contribution in [0.5, 0.6) is 0 Å². The lowest BCUT2D eigenvalue weighted by Gasteiger charge is -1.96. The molecule has 0 aromatic carbocycles. The third-order valence-corrected chi connectivity index (χ3v) is 2.64. The maximum Gasteiger partial charge on any atom is 0.332 e. The number of aliphatic carboxylic acids is 1. The van der Waals surface area contributed by atoms with Crippen LogP contribution in [-0.2, 0) is 9.53 Å². The minimum atomic E-state index is -1.05. The first kappa shape index (κ1) is 24.5. The molecular formula is C21H30O4. The van der Waals surface area contributed by atoms with Gasteiger partial charge in [-0.1, -0.05) is 62.5 Å². The molecule has 0 rings (SSSR count). The minimum Gasteiger partial charge on any atom is -0.508 e. The number of aliphatic hydroxyl groups is 1. The molecule has 0 amide bonds. The predicted octanol–water partition coefficient (Wildman–Crippen LogP) is 5.65. The molecule has 4 heteroatoms. The highest BCUT2D eigenvalue weighted by Crippen LogP contribution is 2.06. The molecule has 0 atom stereocenters. The SMILES string of the molecule is C=C(/C=C/C=C\C=C\C(=C\C(=O)O)OC)CC/C=C\C(O)=C/C.CC. The lowest BCUT2D eigenvalue weighted by Crippen LogP contribution is -1.91. The molecule has 0 aromatic rings. The van der Waals surface area contributed by atoms with E-state index in [1.807, 2.05) is 38.2 Å². The van der Waals surface area contributed by atoms with Crippen LogP contribution in [-0.4, -0.2) is 23.3 Å². The summed E-state index contributed by atoms with van der Waals surface area (Å²) in [4.78, 5) is 10.5. The van der Waals surface area contributed by atoms with Gasteiger partial charge in [-0.2, -0.15) is 0 Å². The molecule has 0 aliphatic carbocycles. The number of ether oxygens (including phenoxy) is 1. The third-order valence-electron chi connectivity index (χ3n) is 2.64. The van der Waals surface area contributed by atoms with Crippen LogP contribution in [0.2, 0.25) is 0 Å². The molecule has 0 unspecified atom stereocenters. The van der Waals surface area contributed by atoms with Crippen LogP contribution in [0.25, 0.3) is 0 Å². The first-order valence-electron chi connectivity index (χ1n) is 8.19. The van der Waals surface area contributed by atoms with Gasteiger partial charge in [0.25, 0.3) is 0 Å². The lowest BCUT2D eigenvalue weighted by molar-refractivity contribution is -0.131. The highest BCUT2D eigenvalue weighted by atomic mass is 16.5. The summed E-state index contributed by atoms with van der Waals surface area (Å²) in [5, 5.41) is 17.8. The van der Waals surface area contributed by atoms with Gasteiger partial charge >= 0.3 is 5.97 Å². The maximum absolute atomic E-state index is 10.5. The number of hydrogen-bond donors (Lipinski definition) is 2. The van der Waals surface area contributed by atoms with Crippen LogP contribution in [0, 0.1) is 0 Å². The van der Waals surface area contributed by atoms with E-state index >= 15 is 0 Å². The molecule has 0 aliphatic rings. The van der Waals surface area contributed by atoms with E-state index in [4.69, 9.17) is 9.84 Å². The quantitative estimate of drug-likeness (QED) is 0.305. The van der Waals surface area contributed by atoms with E-state index in [0.717, 1.165) is 24.5 Å². The number of rotatable bonds is 10. The van der Waals surface area contributed by atoms with Crippen molar-refractivity contribution in [2.24, 2.45) is 0 Å². The number of carboxylic acid groups (broad SMARTS) is 1. The predicted molar refractivity (Wildman–Crippen MR) is 105 cm³/mol. The highest BCUT2D eigenvalue weighted by Gasteiger charge is 1.93. The number of hydrogen-bond acceptors (Lipinski definition) is 3. The number of carboxylic acids is 1. The van der Waals surface area contributed by atoms with Crippen LogP contribution in [0.3, 0.4) is 0 Å². The first-order chi connectivity index (χ1) is 12.0. The minimum absolute atomic E-state index is 0.258. The van der Waals surface area contributed by atoms with Crippen molar-refractivity contribution in [2.45, 2.75) is 33.6 Å². The van der Waals surface area contributed by atoms with E-state index in [0.29, 0.717) is 0 Å². The summed E-state index contributed by atoms with van der Waals surface area (Å²) in [7, 11) is 1.41. The topological polar surface area (TPSA) is 66.8 Å². The van der Waals surface area contributed by atoms with Gasteiger partial charge in [0.05, 0.1) is 13.2 Å². The Morgan fingerprint density at radius 1 is 1.04 bits per heavy atom. The Bertz CT molecular complexity index is 558. The van der Waals surface area contributed by atoms with Crippen LogP contribution < -0.4 is 0 Å². The van der Waals surface area contributed by atoms with Gasteiger partial charge in [0, 0.05) is 0 Å². The molecule has 4 nitrogen and oxygen atoms in total. The maximum atomic E-state index is 10.5. The second kappa shape index (κ2) is 17.6. The molecule has 138 valence electrons. The summed E-state index contributed by atoms with van der Waals surface area (Å²) in [5.41, 5.74) is 0.978. The summed E-state index contributed by atoms with van der Waals surface area (Å²) in [6.45, 7) is 9.71. The normalized spacial score (nSPS) is 12.8. The molecule has 0 fully saturated rings. The van der Waals surface area contributed by atoms with E-state index in [1.165, 1.54) is 7.11 Å². The Kier molecular flexibility index (Phi) is 17.3. The molecule has 2 N–H and O–H groups in total. The van der Waals surface area contributed by atoms with E-state index in [2.05, 4.69) is 6.58 Å². The van der Waals surface area contributed by atoms with Gasteiger partial charge in [-0.15, -0.1) is 0 Å².